The molecule has 0 spiro atoms. The number of aliphatic hydroxyl groups excluding tert-OH is 1. The second-order valence-electron chi connectivity index (χ2n) is 4.21. The van der Waals surface area contributed by atoms with E-state index in [1.807, 2.05) is 25.3 Å². The van der Waals surface area contributed by atoms with Gasteiger partial charge in [-0.15, -0.1) is 0 Å². The van der Waals surface area contributed by atoms with Crippen LogP contribution in [-0.2, 0) is 0 Å². The summed E-state index contributed by atoms with van der Waals surface area (Å²) in [5.41, 5.74) is 1.91. The quantitative estimate of drug-likeness (QED) is 0.819. The van der Waals surface area contributed by atoms with E-state index in [-0.39, 0.29) is 0 Å². The van der Waals surface area contributed by atoms with Crippen LogP contribution in [0.2, 0.25) is 0 Å². The van der Waals surface area contributed by atoms with Crippen molar-refractivity contribution in [3.63, 3.8) is 0 Å². The molecule has 1 aliphatic carbocycles. The van der Waals surface area contributed by atoms with Crippen molar-refractivity contribution in [1.29, 1.82) is 0 Å². The molecule has 0 radical (unpaired) electrons. The Bertz CT molecular complexity index is 319. The Hall–Kier alpha value is -1.09. The molecule has 1 N–H and O–H groups in total. The first-order valence-corrected chi connectivity index (χ1v) is 5.59. The molecule has 0 aromatic carbocycles. The van der Waals surface area contributed by atoms with Crippen molar-refractivity contribution >= 4 is 5.69 Å². The number of hydrogen-bond donors (Lipinski definition) is 1. The van der Waals surface area contributed by atoms with E-state index < -0.39 is 6.10 Å². The number of hydrogen-bond acceptors (Lipinski definition) is 3. The fraction of sp³-hybridized carbons (Fsp3) is 0.583. The molecule has 2 rings (SSSR count). The summed E-state index contributed by atoms with van der Waals surface area (Å²) >= 11 is 0. The molecule has 1 heterocycles. The summed E-state index contributed by atoms with van der Waals surface area (Å²) < 4.78 is 0. The summed E-state index contributed by atoms with van der Waals surface area (Å²) in [6.07, 6.45) is 4.72. The average Bonchev–Trinajstić information content (AvgIpc) is 3.11. The number of pyridine rings is 1. The minimum absolute atomic E-state index is 0.426. The fourth-order valence-electron chi connectivity index (χ4n) is 1.69. The Labute approximate surface area is 90.8 Å². The number of nitrogens with zero attached hydrogens (tertiary/aromatic N) is 2. The van der Waals surface area contributed by atoms with E-state index in [9.17, 15) is 5.11 Å². The number of anilines is 1. The molecule has 0 bridgehead atoms. The Morgan fingerprint density at radius 2 is 2.27 bits per heavy atom. The largest absolute Gasteiger partial charge is 0.387 e. The lowest BCUT2D eigenvalue weighted by molar-refractivity contribution is 0.169. The zero-order valence-electron chi connectivity index (χ0n) is 9.35. The lowest BCUT2D eigenvalue weighted by Crippen LogP contribution is -2.19. The summed E-state index contributed by atoms with van der Waals surface area (Å²) in [5.74, 6) is 0. The summed E-state index contributed by atoms with van der Waals surface area (Å²) in [6, 6.07) is 4.66. The third kappa shape index (κ3) is 2.29. The van der Waals surface area contributed by atoms with E-state index in [2.05, 4.69) is 16.9 Å². The summed E-state index contributed by atoms with van der Waals surface area (Å²) in [7, 11) is 2.10. The smallest absolute Gasteiger partial charge is 0.0957 e. The molecular formula is C12H18N2O. The maximum Gasteiger partial charge on any atom is 0.0957 e. The first-order chi connectivity index (χ1) is 7.22. The summed E-state index contributed by atoms with van der Waals surface area (Å²) in [6.45, 7) is 1.95. The lowest BCUT2D eigenvalue weighted by atomic mass is 10.2. The number of rotatable bonds is 4. The molecule has 0 saturated heterocycles. The average molecular weight is 206 g/mol. The highest BCUT2D eigenvalue weighted by molar-refractivity contribution is 5.46. The zero-order valence-corrected chi connectivity index (χ0v) is 9.35. The normalized spacial score (nSPS) is 17.5. The highest BCUT2D eigenvalue weighted by Crippen LogP contribution is 2.30. The second kappa shape index (κ2) is 4.19. The Morgan fingerprint density at radius 1 is 1.53 bits per heavy atom. The first kappa shape index (κ1) is 10.4. The molecule has 1 unspecified atom stereocenters. The van der Waals surface area contributed by atoms with Crippen molar-refractivity contribution in [1.82, 2.24) is 4.98 Å². The van der Waals surface area contributed by atoms with Gasteiger partial charge in [0.05, 0.1) is 23.7 Å². The van der Waals surface area contributed by atoms with Gasteiger partial charge in [-0.3, -0.25) is 4.98 Å². The van der Waals surface area contributed by atoms with E-state index >= 15 is 0 Å². The molecule has 0 aliphatic heterocycles. The van der Waals surface area contributed by atoms with Gasteiger partial charge in [-0.25, -0.2) is 0 Å². The van der Waals surface area contributed by atoms with Gasteiger partial charge in [0.15, 0.2) is 0 Å². The van der Waals surface area contributed by atoms with Crippen molar-refractivity contribution in [3.8, 4) is 0 Å². The van der Waals surface area contributed by atoms with Gasteiger partial charge in [0.2, 0.25) is 0 Å². The topological polar surface area (TPSA) is 36.4 Å². The molecule has 1 atom stereocenters. The SMILES string of the molecule is CCC(O)c1ccc(N(C)C2CC2)cn1. The monoisotopic (exact) mass is 206 g/mol. The van der Waals surface area contributed by atoms with E-state index in [1.165, 1.54) is 12.8 Å². The third-order valence-electron chi connectivity index (χ3n) is 3.00. The van der Waals surface area contributed by atoms with E-state index in [1.54, 1.807) is 0 Å². The van der Waals surface area contributed by atoms with Crippen molar-refractivity contribution in [2.24, 2.45) is 0 Å². The van der Waals surface area contributed by atoms with Crippen molar-refractivity contribution in [2.45, 2.75) is 38.3 Å². The van der Waals surface area contributed by atoms with Crippen LogP contribution in [-0.4, -0.2) is 23.2 Å². The van der Waals surface area contributed by atoms with Crippen LogP contribution < -0.4 is 4.90 Å². The van der Waals surface area contributed by atoms with E-state index in [0.29, 0.717) is 12.5 Å². The molecule has 1 fully saturated rings. The maximum atomic E-state index is 9.60. The molecule has 1 aromatic heterocycles. The molecule has 1 saturated carbocycles. The Balaban J connectivity index is 2.09. The van der Waals surface area contributed by atoms with Crippen LogP contribution in [0.5, 0.6) is 0 Å². The third-order valence-corrected chi connectivity index (χ3v) is 3.00. The van der Waals surface area contributed by atoms with Crippen LogP contribution in [0, 0.1) is 0 Å². The van der Waals surface area contributed by atoms with Crippen LogP contribution in [0.3, 0.4) is 0 Å². The molecule has 1 aliphatic rings. The first-order valence-electron chi connectivity index (χ1n) is 5.59. The zero-order chi connectivity index (χ0) is 10.8. The minimum atomic E-state index is -0.426. The molecule has 82 valence electrons. The number of aromatic nitrogens is 1. The minimum Gasteiger partial charge on any atom is -0.387 e. The highest BCUT2D eigenvalue weighted by atomic mass is 16.3. The molecule has 3 heteroatoms. The van der Waals surface area contributed by atoms with Gasteiger partial charge in [-0.1, -0.05) is 6.92 Å². The van der Waals surface area contributed by atoms with Gasteiger partial charge in [0.1, 0.15) is 0 Å². The van der Waals surface area contributed by atoms with E-state index in [0.717, 1.165) is 11.4 Å². The lowest BCUT2D eigenvalue weighted by Gasteiger charge is -2.18. The van der Waals surface area contributed by atoms with Crippen molar-refractivity contribution < 1.29 is 5.11 Å². The van der Waals surface area contributed by atoms with Crippen molar-refractivity contribution in [2.75, 3.05) is 11.9 Å². The molecule has 3 nitrogen and oxygen atoms in total. The summed E-state index contributed by atoms with van der Waals surface area (Å²) in [4.78, 5) is 6.55. The van der Waals surface area contributed by atoms with Gasteiger partial charge >= 0.3 is 0 Å². The van der Waals surface area contributed by atoms with Crippen LogP contribution in [0.1, 0.15) is 38.0 Å². The van der Waals surface area contributed by atoms with Crippen LogP contribution >= 0.6 is 0 Å². The van der Waals surface area contributed by atoms with Crippen LogP contribution in [0.15, 0.2) is 18.3 Å². The predicted molar refractivity (Wildman–Crippen MR) is 60.9 cm³/mol. The van der Waals surface area contributed by atoms with E-state index in [4.69, 9.17) is 0 Å². The molecular weight excluding hydrogens is 188 g/mol. The predicted octanol–water partition coefficient (Wildman–Crippen LogP) is 2.12. The standard InChI is InChI=1S/C12H18N2O/c1-3-12(15)11-7-6-10(8-13-11)14(2)9-4-5-9/h6-9,12,15H,3-5H2,1-2H3. The van der Waals surface area contributed by atoms with Gasteiger partial charge < -0.3 is 10.0 Å². The Morgan fingerprint density at radius 3 is 2.73 bits per heavy atom. The van der Waals surface area contributed by atoms with Crippen LogP contribution in [0.4, 0.5) is 5.69 Å². The van der Waals surface area contributed by atoms with Gasteiger partial charge in [-0.2, -0.15) is 0 Å². The molecule has 1 aromatic rings. The molecule has 15 heavy (non-hydrogen) atoms. The van der Waals surface area contributed by atoms with Crippen LogP contribution in [0.25, 0.3) is 0 Å². The van der Waals surface area contributed by atoms with Crippen molar-refractivity contribution in [3.05, 3.63) is 24.0 Å². The van der Waals surface area contributed by atoms with Gasteiger partial charge in [-0.05, 0) is 31.4 Å². The summed E-state index contributed by atoms with van der Waals surface area (Å²) in [5, 5.41) is 9.60. The fourth-order valence-corrected chi connectivity index (χ4v) is 1.69. The van der Waals surface area contributed by atoms with Gasteiger partial charge in [0, 0.05) is 13.1 Å². The highest BCUT2D eigenvalue weighted by Gasteiger charge is 2.26. The molecule has 0 amide bonds. The second-order valence-corrected chi connectivity index (χ2v) is 4.21. The number of aliphatic hydroxyl groups is 1. The maximum absolute atomic E-state index is 9.60. The Kier molecular flexibility index (Phi) is 2.91. The van der Waals surface area contributed by atoms with Gasteiger partial charge in [0.25, 0.3) is 0 Å².